The first-order valence-electron chi connectivity index (χ1n) is 2.81. The zero-order valence-electron chi connectivity index (χ0n) is 5.08. The van der Waals surface area contributed by atoms with Crippen LogP contribution in [-0.4, -0.2) is 32.7 Å². The number of nitrogens with zero attached hydrogens (tertiary/aromatic N) is 1. The molecule has 1 aliphatic rings. The van der Waals surface area contributed by atoms with E-state index in [2.05, 4.69) is 6.92 Å². The third-order valence-electron chi connectivity index (χ3n) is 1.29. The fourth-order valence-electron chi connectivity index (χ4n) is 0.764. The largest absolute Gasteiger partial charge is 0.353 e. The number of rotatable bonds is 1. The summed E-state index contributed by atoms with van der Waals surface area (Å²) in [5, 5.41) is 18.1. The lowest BCUT2D eigenvalue weighted by atomic mass is 10.3. The van der Waals surface area contributed by atoms with Gasteiger partial charge in [0.05, 0.1) is 0 Å². The van der Waals surface area contributed by atoms with Gasteiger partial charge in [-0.3, -0.25) is 0 Å². The summed E-state index contributed by atoms with van der Waals surface area (Å²) >= 11 is 1.42. The second-order valence-corrected chi connectivity index (χ2v) is 3.07. The molecule has 0 atom stereocenters. The standard InChI is InChI=1S/C5H10NO2S/c1-2-6-5(7,8)3-4-9-6/h7-8H,1-4H2. The molecule has 9 heavy (non-hydrogen) atoms. The lowest BCUT2D eigenvalue weighted by molar-refractivity contribution is -0.220. The summed E-state index contributed by atoms with van der Waals surface area (Å²) in [6.07, 6.45) is 0.410. The molecule has 0 aromatic carbocycles. The van der Waals surface area contributed by atoms with Crippen molar-refractivity contribution in [2.75, 3.05) is 12.3 Å². The van der Waals surface area contributed by atoms with Crippen LogP contribution in [0, 0.1) is 6.92 Å². The minimum absolute atomic E-state index is 0.410. The predicted octanol–water partition coefficient (Wildman–Crippen LogP) is -0.187. The summed E-state index contributed by atoms with van der Waals surface area (Å²) in [5.41, 5.74) is 0. The van der Waals surface area contributed by atoms with Crippen LogP contribution in [-0.2, 0) is 0 Å². The fourth-order valence-corrected chi connectivity index (χ4v) is 1.78. The highest BCUT2D eigenvalue weighted by Gasteiger charge is 2.36. The molecular weight excluding hydrogens is 138 g/mol. The van der Waals surface area contributed by atoms with Gasteiger partial charge in [0.25, 0.3) is 0 Å². The zero-order chi connectivity index (χ0) is 6.91. The molecule has 1 aliphatic heterocycles. The van der Waals surface area contributed by atoms with Crippen molar-refractivity contribution in [3.8, 4) is 0 Å². The van der Waals surface area contributed by atoms with Gasteiger partial charge in [0.15, 0.2) is 0 Å². The molecule has 1 rings (SSSR count). The van der Waals surface area contributed by atoms with Crippen molar-refractivity contribution in [2.45, 2.75) is 12.3 Å². The van der Waals surface area contributed by atoms with E-state index in [9.17, 15) is 0 Å². The van der Waals surface area contributed by atoms with Crippen molar-refractivity contribution in [2.24, 2.45) is 0 Å². The van der Waals surface area contributed by atoms with E-state index in [-0.39, 0.29) is 0 Å². The molecule has 0 bridgehead atoms. The van der Waals surface area contributed by atoms with Crippen molar-refractivity contribution >= 4 is 11.9 Å². The second-order valence-electron chi connectivity index (χ2n) is 1.96. The molecule has 1 radical (unpaired) electrons. The van der Waals surface area contributed by atoms with Gasteiger partial charge in [0.2, 0.25) is 5.91 Å². The summed E-state index contributed by atoms with van der Waals surface area (Å²) in [5.74, 6) is -0.838. The highest BCUT2D eigenvalue weighted by molar-refractivity contribution is 7.97. The molecule has 1 heterocycles. The zero-order valence-corrected chi connectivity index (χ0v) is 5.89. The molecule has 0 saturated carbocycles. The molecule has 1 fully saturated rings. The van der Waals surface area contributed by atoms with Crippen LogP contribution >= 0.6 is 11.9 Å². The van der Waals surface area contributed by atoms with E-state index >= 15 is 0 Å². The molecule has 3 nitrogen and oxygen atoms in total. The quantitative estimate of drug-likeness (QED) is 0.400. The lowest BCUT2D eigenvalue weighted by Crippen LogP contribution is -2.40. The molecule has 0 aromatic heterocycles. The smallest absolute Gasteiger partial charge is 0.235 e. The van der Waals surface area contributed by atoms with Crippen LogP contribution in [0.2, 0.25) is 0 Å². The van der Waals surface area contributed by atoms with Gasteiger partial charge >= 0.3 is 0 Å². The summed E-state index contributed by atoms with van der Waals surface area (Å²) in [6.45, 7) is 3.98. The SMILES string of the molecule is [CH2]CN1SCCC1(O)O. The molecule has 0 amide bonds. The van der Waals surface area contributed by atoms with Crippen LogP contribution in [0.4, 0.5) is 0 Å². The maximum atomic E-state index is 9.07. The van der Waals surface area contributed by atoms with Crippen molar-refractivity contribution in [1.29, 1.82) is 0 Å². The average Bonchev–Trinajstić information content (AvgIpc) is 2.08. The van der Waals surface area contributed by atoms with E-state index in [0.717, 1.165) is 5.75 Å². The van der Waals surface area contributed by atoms with E-state index < -0.39 is 5.91 Å². The highest BCUT2D eigenvalue weighted by atomic mass is 32.2. The van der Waals surface area contributed by atoms with Gasteiger partial charge in [-0.1, -0.05) is 11.9 Å². The molecule has 0 aromatic rings. The Bertz CT molecular complexity index is 107. The van der Waals surface area contributed by atoms with Gasteiger partial charge < -0.3 is 10.2 Å². The Labute approximate surface area is 58.8 Å². The number of hydrogen-bond acceptors (Lipinski definition) is 4. The first-order valence-corrected chi connectivity index (χ1v) is 3.75. The van der Waals surface area contributed by atoms with Crippen molar-refractivity contribution in [1.82, 2.24) is 4.31 Å². The summed E-state index contributed by atoms with van der Waals surface area (Å²) < 4.78 is 1.47. The Kier molecular flexibility index (Phi) is 2.00. The first kappa shape index (κ1) is 7.34. The molecule has 1 saturated heterocycles. The molecule has 2 N–H and O–H groups in total. The van der Waals surface area contributed by atoms with Crippen LogP contribution in [0.3, 0.4) is 0 Å². The van der Waals surface area contributed by atoms with Gasteiger partial charge in [0, 0.05) is 18.7 Å². The first-order chi connectivity index (χ1) is 4.17. The van der Waals surface area contributed by atoms with Gasteiger partial charge in [-0.2, -0.15) is 4.31 Å². The third kappa shape index (κ3) is 1.38. The Hall–Kier alpha value is 0.230. The molecule has 53 valence electrons. The van der Waals surface area contributed by atoms with Crippen LogP contribution < -0.4 is 0 Å². The monoisotopic (exact) mass is 148 g/mol. The van der Waals surface area contributed by atoms with Gasteiger partial charge in [-0.15, -0.1) is 0 Å². The Morgan fingerprint density at radius 1 is 1.67 bits per heavy atom. The van der Waals surface area contributed by atoms with Crippen molar-refractivity contribution < 1.29 is 10.2 Å². The Morgan fingerprint density at radius 2 is 2.33 bits per heavy atom. The topological polar surface area (TPSA) is 43.7 Å². The molecule has 0 unspecified atom stereocenters. The maximum absolute atomic E-state index is 9.07. The minimum Gasteiger partial charge on any atom is -0.353 e. The normalized spacial score (nSPS) is 27.0. The van der Waals surface area contributed by atoms with E-state index in [4.69, 9.17) is 10.2 Å². The van der Waals surface area contributed by atoms with E-state index in [1.165, 1.54) is 16.3 Å². The van der Waals surface area contributed by atoms with Crippen LogP contribution in [0.5, 0.6) is 0 Å². The van der Waals surface area contributed by atoms with Crippen LogP contribution in [0.1, 0.15) is 6.42 Å². The Morgan fingerprint density at radius 3 is 2.56 bits per heavy atom. The van der Waals surface area contributed by atoms with Gasteiger partial charge in [-0.05, 0) is 6.92 Å². The van der Waals surface area contributed by atoms with Crippen molar-refractivity contribution in [3.05, 3.63) is 6.92 Å². The van der Waals surface area contributed by atoms with E-state index in [0.29, 0.717) is 13.0 Å². The molecular formula is C5H10NO2S. The van der Waals surface area contributed by atoms with Crippen molar-refractivity contribution in [3.63, 3.8) is 0 Å². The van der Waals surface area contributed by atoms with Crippen LogP contribution in [0.25, 0.3) is 0 Å². The van der Waals surface area contributed by atoms with Gasteiger partial charge in [-0.25, -0.2) is 0 Å². The second kappa shape index (κ2) is 2.46. The minimum atomic E-state index is -1.60. The summed E-state index contributed by atoms with van der Waals surface area (Å²) in [6, 6.07) is 0. The number of aliphatic hydroxyl groups is 2. The highest BCUT2D eigenvalue weighted by Crippen LogP contribution is 2.31. The summed E-state index contributed by atoms with van der Waals surface area (Å²) in [7, 11) is 0. The van der Waals surface area contributed by atoms with Crippen LogP contribution in [0.15, 0.2) is 0 Å². The van der Waals surface area contributed by atoms with E-state index in [1.807, 2.05) is 0 Å². The lowest BCUT2D eigenvalue weighted by Gasteiger charge is -2.24. The molecule has 0 aliphatic carbocycles. The fraction of sp³-hybridized carbons (Fsp3) is 0.800. The average molecular weight is 148 g/mol. The van der Waals surface area contributed by atoms with Gasteiger partial charge in [0.1, 0.15) is 0 Å². The summed E-state index contributed by atoms with van der Waals surface area (Å²) in [4.78, 5) is 0. The predicted molar refractivity (Wildman–Crippen MR) is 36.3 cm³/mol. The van der Waals surface area contributed by atoms with E-state index in [1.54, 1.807) is 0 Å². The number of hydrogen-bond donors (Lipinski definition) is 2. The third-order valence-corrected chi connectivity index (χ3v) is 2.46. The molecule has 4 heteroatoms. The molecule has 0 spiro atoms. The maximum Gasteiger partial charge on any atom is 0.235 e. The Balaban J connectivity index is 2.52.